The van der Waals surface area contributed by atoms with Crippen LogP contribution in [0.25, 0.3) is 0 Å². The van der Waals surface area contributed by atoms with Gasteiger partial charge in [-0.15, -0.1) is 0 Å². The number of ether oxygens (including phenoxy) is 1. The molecule has 0 saturated heterocycles. The van der Waals surface area contributed by atoms with E-state index in [2.05, 4.69) is 6.92 Å². The maximum absolute atomic E-state index is 10.7. The van der Waals surface area contributed by atoms with E-state index in [4.69, 9.17) is 4.74 Å². The highest BCUT2D eigenvalue weighted by atomic mass is 16.5. The number of carboxylic acid groups (broad SMARTS) is 1. The van der Waals surface area contributed by atoms with Gasteiger partial charge in [-0.3, -0.25) is 0 Å². The van der Waals surface area contributed by atoms with Gasteiger partial charge in [0.05, 0.1) is 6.61 Å². The van der Waals surface area contributed by atoms with Crippen molar-refractivity contribution >= 4 is 5.97 Å². The van der Waals surface area contributed by atoms with E-state index in [1.165, 1.54) is 0 Å². The van der Waals surface area contributed by atoms with E-state index in [9.17, 15) is 9.90 Å². The van der Waals surface area contributed by atoms with Crippen molar-refractivity contribution < 1.29 is 14.6 Å². The number of hydrogen-bond acceptors (Lipinski definition) is 3. The van der Waals surface area contributed by atoms with Crippen molar-refractivity contribution in [2.75, 3.05) is 13.2 Å². The molecule has 1 unspecified atom stereocenters. The van der Waals surface area contributed by atoms with Gasteiger partial charge in [0.25, 0.3) is 0 Å². The molecule has 14 heavy (non-hydrogen) atoms. The number of carbonyl (C=O) groups excluding carboxylic acids is 1. The lowest BCUT2D eigenvalue weighted by atomic mass is 10.0. The summed E-state index contributed by atoms with van der Waals surface area (Å²) in [4.78, 5) is 10.7. The molecule has 0 saturated carbocycles. The van der Waals surface area contributed by atoms with Crippen LogP contribution in [0.3, 0.4) is 0 Å². The molecule has 0 aromatic rings. The molecule has 0 rings (SSSR count). The van der Waals surface area contributed by atoms with Crippen LogP contribution in [0, 0.1) is 5.92 Å². The molecule has 84 valence electrons. The topological polar surface area (TPSA) is 49.4 Å². The third kappa shape index (κ3) is 6.89. The van der Waals surface area contributed by atoms with Crippen molar-refractivity contribution in [3.05, 3.63) is 0 Å². The lowest BCUT2D eigenvalue weighted by Crippen LogP contribution is -2.34. The predicted molar refractivity (Wildman–Crippen MR) is 53.7 cm³/mol. The van der Waals surface area contributed by atoms with Crippen molar-refractivity contribution in [2.45, 2.75) is 46.0 Å². The Kier molecular flexibility index (Phi) is 8.64. The SMILES string of the molecule is CCCCOCC(CCCC)C(=O)[O-]. The van der Waals surface area contributed by atoms with Crippen LogP contribution in [0.2, 0.25) is 0 Å². The number of hydrogen-bond donors (Lipinski definition) is 0. The normalized spacial score (nSPS) is 12.7. The molecule has 3 heteroatoms. The molecule has 0 aromatic heterocycles. The predicted octanol–water partition coefficient (Wildman–Crippen LogP) is 1.36. The Labute approximate surface area is 86.5 Å². The molecule has 0 aliphatic carbocycles. The number of rotatable bonds is 9. The van der Waals surface area contributed by atoms with Gasteiger partial charge in [-0.05, 0) is 12.8 Å². The van der Waals surface area contributed by atoms with Crippen LogP contribution >= 0.6 is 0 Å². The fraction of sp³-hybridized carbons (Fsp3) is 0.909. The first kappa shape index (κ1) is 13.4. The molecule has 0 aromatic carbocycles. The Hall–Kier alpha value is -0.570. The Morgan fingerprint density at radius 3 is 2.43 bits per heavy atom. The third-order valence-electron chi connectivity index (χ3n) is 2.20. The lowest BCUT2D eigenvalue weighted by Gasteiger charge is -2.17. The second-order valence-corrected chi connectivity index (χ2v) is 3.59. The Balaban J connectivity index is 3.57. The lowest BCUT2D eigenvalue weighted by molar-refractivity contribution is -0.313. The zero-order chi connectivity index (χ0) is 10.8. The highest BCUT2D eigenvalue weighted by Gasteiger charge is 2.09. The largest absolute Gasteiger partial charge is 0.550 e. The molecule has 0 aliphatic heterocycles. The first-order valence-corrected chi connectivity index (χ1v) is 5.50. The first-order chi connectivity index (χ1) is 6.72. The van der Waals surface area contributed by atoms with Crippen LogP contribution in [-0.4, -0.2) is 19.2 Å². The second-order valence-electron chi connectivity index (χ2n) is 3.59. The van der Waals surface area contributed by atoms with Gasteiger partial charge in [-0.25, -0.2) is 0 Å². The summed E-state index contributed by atoms with van der Waals surface area (Å²) in [6.07, 6.45) is 4.68. The number of carbonyl (C=O) groups is 1. The fourth-order valence-electron chi connectivity index (χ4n) is 1.19. The van der Waals surface area contributed by atoms with Crippen LogP contribution < -0.4 is 5.11 Å². The molecule has 0 aliphatic rings. The molecule has 0 radical (unpaired) electrons. The highest BCUT2D eigenvalue weighted by molar-refractivity contribution is 5.67. The van der Waals surface area contributed by atoms with Gasteiger partial charge >= 0.3 is 0 Å². The van der Waals surface area contributed by atoms with Crippen LogP contribution in [0.4, 0.5) is 0 Å². The highest BCUT2D eigenvalue weighted by Crippen LogP contribution is 2.08. The Bertz CT molecular complexity index is 145. The smallest absolute Gasteiger partial charge is 0.0546 e. The van der Waals surface area contributed by atoms with Gasteiger partial charge in [0, 0.05) is 18.5 Å². The summed E-state index contributed by atoms with van der Waals surface area (Å²) in [6, 6.07) is 0. The van der Waals surface area contributed by atoms with Crippen molar-refractivity contribution in [1.29, 1.82) is 0 Å². The van der Waals surface area contributed by atoms with E-state index in [0.717, 1.165) is 25.7 Å². The monoisotopic (exact) mass is 201 g/mol. The van der Waals surface area contributed by atoms with Crippen molar-refractivity contribution in [3.8, 4) is 0 Å². The number of unbranched alkanes of at least 4 members (excludes halogenated alkanes) is 2. The zero-order valence-electron chi connectivity index (χ0n) is 9.25. The molecular weight excluding hydrogens is 180 g/mol. The summed E-state index contributed by atoms with van der Waals surface area (Å²) in [7, 11) is 0. The van der Waals surface area contributed by atoms with Gasteiger partial charge in [0.15, 0.2) is 0 Å². The summed E-state index contributed by atoms with van der Waals surface area (Å²) < 4.78 is 5.27. The van der Waals surface area contributed by atoms with E-state index in [1.54, 1.807) is 0 Å². The van der Waals surface area contributed by atoms with Crippen LogP contribution in [0.1, 0.15) is 46.0 Å². The summed E-state index contributed by atoms with van der Waals surface area (Å²) in [5.74, 6) is -1.40. The van der Waals surface area contributed by atoms with Gasteiger partial charge in [0.1, 0.15) is 0 Å². The molecule has 0 amide bonds. The van der Waals surface area contributed by atoms with Crippen LogP contribution in [-0.2, 0) is 9.53 Å². The van der Waals surface area contributed by atoms with E-state index >= 15 is 0 Å². The fourth-order valence-corrected chi connectivity index (χ4v) is 1.19. The summed E-state index contributed by atoms with van der Waals surface area (Å²) >= 11 is 0. The molecule has 3 nitrogen and oxygen atoms in total. The first-order valence-electron chi connectivity index (χ1n) is 5.50. The Morgan fingerprint density at radius 2 is 1.93 bits per heavy atom. The molecule has 0 fully saturated rings. The average Bonchev–Trinajstić information content (AvgIpc) is 2.16. The van der Waals surface area contributed by atoms with Crippen molar-refractivity contribution in [2.24, 2.45) is 5.92 Å². The maximum Gasteiger partial charge on any atom is 0.0546 e. The van der Waals surface area contributed by atoms with Gasteiger partial charge in [0.2, 0.25) is 0 Å². The molecule has 0 bridgehead atoms. The third-order valence-corrected chi connectivity index (χ3v) is 2.20. The molecular formula is C11H21O3-. The standard InChI is InChI=1S/C11H22O3/c1-3-5-7-10(11(12)13)9-14-8-6-4-2/h10H,3-9H2,1-2H3,(H,12,13)/p-1. The van der Waals surface area contributed by atoms with Crippen molar-refractivity contribution in [3.63, 3.8) is 0 Å². The summed E-state index contributed by atoms with van der Waals surface area (Å²) in [6.45, 7) is 5.09. The van der Waals surface area contributed by atoms with Crippen LogP contribution in [0.15, 0.2) is 0 Å². The number of aliphatic carboxylic acids is 1. The van der Waals surface area contributed by atoms with Gasteiger partial charge in [-0.2, -0.15) is 0 Å². The minimum Gasteiger partial charge on any atom is -0.550 e. The average molecular weight is 201 g/mol. The molecule has 0 heterocycles. The van der Waals surface area contributed by atoms with Crippen LogP contribution in [0.5, 0.6) is 0 Å². The summed E-state index contributed by atoms with van der Waals surface area (Å²) in [5.41, 5.74) is 0. The van der Waals surface area contributed by atoms with Crippen molar-refractivity contribution in [1.82, 2.24) is 0 Å². The molecule has 1 atom stereocenters. The van der Waals surface area contributed by atoms with Gasteiger partial charge < -0.3 is 14.6 Å². The van der Waals surface area contributed by atoms with E-state index < -0.39 is 11.9 Å². The van der Waals surface area contributed by atoms with E-state index in [1.807, 2.05) is 6.92 Å². The quantitative estimate of drug-likeness (QED) is 0.529. The summed E-state index contributed by atoms with van der Waals surface area (Å²) in [5, 5.41) is 10.7. The minimum absolute atomic E-state index is 0.308. The Morgan fingerprint density at radius 1 is 1.29 bits per heavy atom. The maximum atomic E-state index is 10.7. The minimum atomic E-state index is -0.977. The molecule has 0 N–H and O–H groups in total. The number of carboxylic acids is 1. The van der Waals surface area contributed by atoms with E-state index in [0.29, 0.717) is 19.6 Å². The molecule has 0 spiro atoms. The van der Waals surface area contributed by atoms with E-state index in [-0.39, 0.29) is 0 Å². The van der Waals surface area contributed by atoms with Gasteiger partial charge in [-0.1, -0.05) is 33.1 Å². The zero-order valence-corrected chi connectivity index (χ0v) is 9.25. The second kappa shape index (κ2) is 9.00.